The highest BCUT2D eigenvalue weighted by Gasteiger charge is 2.04. The molecular weight excluding hydrogens is 227 g/mol. The summed E-state index contributed by atoms with van der Waals surface area (Å²) in [6.07, 6.45) is 0.645. The molecule has 0 aliphatic carbocycles. The molecule has 0 unspecified atom stereocenters. The fraction of sp³-hybridized carbons (Fsp3) is 0.800. The fourth-order valence-corrected chi connectivity index (χ4v) is 1.43. The van der Waals surface area contributed by atoms with Crippen LogP contribution in [0.4, 0.5) is 0 Å². The molecule has 1 N–H and O–H groups in total. The molecule has 0 spiro atoms. The third-order valence-corrected chi connectivity index (χ3v) is 2.27. The second-order valence-corrected chi connectivity index (χ2v) is 4.99. The van der Waals surface area contributed by atoms with E-state index < -0.39 is 15.0 Å². The van der Waals surface area contributed by atoms with Crippen molar-refractivity contribution in [3.8, 4) is 0 Å². The van der Waals surface area contributed by atoms with Crippen LogP contribution in [0.2, 0.25) is 0 Å². The molecule has 0 aromatic rings. The second kappa shape index (κ2) is 6.51. The van der Waals surface area contributed by atoms with Crippen molar-refractivity contribution in [2.24, 2.45) is 0 Å². The molecule has 0 bridgehead atoms. The van der Waals surface area contributed by atoms with Crippen LogP contribution < -0.4 is 0 Å². The summed E-state index contributed by atoms with van der Waals surface area (Å²) in [5, 5.41) is 8.16. The first-order valence-corrected chi connectivity index (χ1v) is 5.54. The van der Waals surface area contributed by atoms with Crippen molar-refractivity contribution >= 4 is 38.1 Å². The molecule has 0 radical (unpaired) electrons. The third-order valence-electron chi connectivity index (χ3n) is 1.03. The Balaban J connectivity index is 0. The SMILES string of the molecule is Cl.O=C(O)CCCCS(=O)(=O)Cl. The minimum absolute atomic E-state index is 0. The van der Waals surface area contributed by atoms with E-state index in [1.54, 1.807) is 0 Å². The van der Waals surface area contributed by atoms with Crippen LogP contribution in [0.3, 0.4) is 0 Å². The van der Waals surface area contributed by atoms with Gasteiger partial charge in [0.1, 0.15) is 0 Å². The van der Waals surface area contributed by atoms with Crippen molar-refractivity contribution < 1.29 is 18.3 Å². The van der Waals surface area contributed by atoms with Gasteiger partial charge in [-0.05, 0) is 12.8 Å². The number of carbonyl (C=O) groups is 1. The van der Waals surface area contributed by atoms with Crippen LogP contribution in [-0.4, -0.2) is 25.2 Å². The van der Waals surface area contributed by atoms with Gasteiger partial charge in [-0.1, -0.05) is 0 Å². The Hall–Kier alpha value is -0.000000000000000111. The Labute approximate surface area is 81.7 Å². The quantitative estimate of drug-likeness (QED) is 0.576. The average Bonchev–Trinajstić information content (AvgIpc) is 1.78. The minimum atomic E-state index is -3.44. The largest absolute Gasteiger partial charge is 0.481 e. The predicted octanol–water partition coefficient (Wildman–Crippen LogP) is 1.23. The summed E-state index contributed by atoms with van der Waals surface area (Å²) in [6, 6.07) is 0. The molecule has 0 heterocycles. The minimum Gasteiger partial charge on any atom is -0.481 e. The first kappa shape index (κ1) is 14.5. The average molecular weight is 237 g/mol. The lowest BCUT2D eigenvalue weighted by Crippen LogP contribution is -1.99. The highest BCUT2D eigenvalue weighted by atomic mass is 35.7. The molecule has 0 rings (SSSR count). The molecular formula is C5H10Cl2O4S. The molecule has 0 aromatic carbocycles. The Morgan fingerprint density at radius 3 is 2.17 bits per heavy atom. The van der Waals surface area contributed by atoms with E-state index in [4.69, 9.17) is 15.8 Å². The molecule has 74 valence electrons. The van der Waals surface area contributed by atoms with Gasteiger partial charge in [-0.15, -0.1) is 12.4 Å². The number of aliphatic carboxylic acids is 1. The first-order chi connectivity index (χ1) is 4.92. The summed E-state index contributed by atoms with van der Waals surface area (Å²) < 4.78 is 20.6. The highest BCUT2D eigenvalue weighted by molar-refractivity contribution is 8.13. The van der Waals surface area contributed by atoms with E-state index in [-0.39, 0.29) is 24.6 Å². The van der Waals surface area contributed by atoms with Crippen LogP contribution in [0.25, 0.3) is 0 Å². The normalized spacial score (nSPS) is 10.4. The lowest BCUT2D eigenvalue weighted by molar-refractivity contribution is -0.137. The van der Waals surface area contributed by atoms with Crippen molar-refractivity contribution in [3.63, 3.8) is 0 Å². The molecule has 0 aromatic heterocycles. The third kappa shape index (κ3) is 12.7. The van der Waals surface area contributed by atoms with E-state index in [2.05, 4.69) is 0 Å². The summed E-state index contributed by atoms with van der Waals surface area (Å²) >= 11 is 0. The van der Waals surface area contributed by atoms with E-state index in [0.29, 0.717) is 12.8 Å². The van der Waals surface area contributed by atoms with E-state index >= 15 is 0 Å². The van der Waals surface area contributed by atoms with Gasteiger partial charge >= 0.3 is 5.97 Å². The van der Waals surface area contributed by atoms with Gasteiger partial charge in [0.2, 0.25) is 9.05 Å². The fourth-order valence-electron chi connectivity index (χ4n) is 0.551. The Morgan fingerprint density at radius 1 is 1.33 bits per heavy atom. The molecule has 0 aliphatic rings. The van der Waals surface area contributed by atoms with Gasteiger partial charge in [-0.25, -0.2) is 8.42 Å². The Bertz CT molecular complexity index is 224. The summed E-state index contributed by atoms with van der Waals surface area (Å²) in [7, 11) is 1.43. The Morgan fingerprint density at radius 2 is 1.83 bits per heavy atom. The van der Waals surface area contributed by atoms with E-state index in [9.17, 15) is 13.2 Å². The Kier molecular flexibility index (Phi) is 7.88. The summed E-state index contributed by atoms with van der Waals surface area (Å²) in [5.41, 5.74) is 0. The molecule has 4 nitrogen and oxygen atoms in total. The number of hydrogen-bond acceptors (Lipinski definition) is 3. The van der Waals surface area contributed by atoms with Crippen molar-refractivity contribution in [1.29, 1.82) is 0 Å². The van der Waals surface area contributed by atoms with Crippen LogP contribution in [0.1, 0.15) is 19.3 Å². The van der Waals surface area contributed by atoms with Crippen molar-refractivity contribution in [3.05, 3.63) is 0 Å². The summed E-state index contributed by atoms with van der Waals surface area (Å²) in [6.45, 7) is 0. The molecule has 0 fully saturated rings. The van der Waals surface area contributed by atoms with E-state index in [1.807, 2.05) is 0 Å². The van der Waals surface area contributed by atoms with Crippen LogP contribution in [0.5, 0.6) is 0 Å². The number of carboxylic acid groups (broad SMARTS) is 1. The molecule has 0 aliphatic heterocycles. The molecule has 7 heteroatoms. The first-order valence-electron chi connectivity index (χ1n) is 3.06. The zero-order valence-corrected chi connectivity index (χ0v) is 8.58. The van der Waals surface area contributed by atoms with Gasteiger partial charge in [0, 0.05) is 17.1 Å². The molecule has 0 saturated heterocycles. The van der Waals surface area contributed by atoms with Gasteiger partial charge < -0.3 is 5.11 Å². The molecule has 0 saturated carbocycles. The lowest BCUT2D eigenvalue weighted by Gasteiger charge is -1.93. The maximum Gasteiger partial charge on any atom is 0.303 e. The highest BCUT2D eigenvalue weighted by Crippen LogP contribution is 2.03. The van der Waals surface area contributed by atoms with E-state index in [1.165, 1.54) is 0 Å². The molecule has 0 atom stereocenters. The van der Waals surface area contributed by atoms with E-state index in [0.717, 1.165) is 0 Å². The number of rotatable bonds is 5. The number of unbranched alkanes of at least 4 members (excludes halogenated alkanes) is 1. The maximum atomic E-state index is 10.3. The van der Waals surface area contributed by atoms with Gasteiger partial charge in [-0.3, -0.25) is 4.79 Å². The second-order valence-electron chi connectivity index (χ2n) is 2.09. The molecule has 0 amide bonds. The van der Waals surface area contributed by atoms with Crippen molar-refractivity contribution in [2.45, 2.75) is 19.3 Å². The lowest BCUT2D eigenvalue weighted by atomic mass is 10.3. The zero-order valence-electron chi connectivity index (χ0n) is 6.19. The smallest absolute Gasteiger partial charge is 0.303 e. The standard InChI is InChI=1S/C5H9ClO4S.ClH/c6-11(9,10)4-2-1-3-5(7)8;/h1-4H2,(H,7,8);1H. The summed E-state index contributed by atoms with van der Waals surface area (Å²) in [4.78, 5) is 9.94. The zero-order chi connectivity index (χ0) is 8.91. The number of hydrogen-bond donors (Lipinski definition) is 1. The maximum absolute atomic E-state index is 10.3. The summed E-state index contributed by atoms with van der Waals surface area (Å²) in [5.74, 6) is -1.07. The van der Waals surface area contributed by atoms with Crippen molar-refractivity contribution in [1.82, 2.24) is 0 Å². The topological polar surface area (TPSA) is 71.4 Å². The van der Waals surface area contributed by atoms with Gasteiger partial charge in [0.05, 0.1) is 5.75 Å². The number of carboxylic acids is 1. The molecule has 12 heavy (non-hydrogen) atoms. The van der Waals surface area contributed by atoms with Crippen LogP contribution in [-0.2, 0) is 13.8 Å². The monoisotopic (exact) mass is 236 g/mol. The van der Waals surface area contributed by atoms with Gasteiger partial charge in [-0.2, -0.15) is 0 Å². The number of halogens is 2. The van der Waals surface area contributed by atoms with Crippen LogP contribution in [0, 0.1) is 0 Å². The van der Waals surface area contributed by atoms with Crippen LogP contribution in [0.15, 0.2) is 0 Å². The van der Waals surface area contributed by atoms with Crippen molar-refractivity contribution in [2.75, 3.05) is 5.75 Å². The predicted molar refractivity (Wildman–Crippen MR) is 48.4 cm³/mol. The van der Waals surface area contributed by atoms with Gasteiger partial charge in [0.25, 0.3) is 0 Å². The van der Waals surface area contributed by atoms with Crippen LogP contribution >= 0.6 is 23.1 Å². The van der Waals surface area contributed by atoms with Gasteiger partial charge in [0.15, 0.2) is 0 Å².